The zero-order valence-corrected chi connectivity index (χ0v) is 12.4. The van der Waals surface area contributed by atoms with Gasteiger partial charge in [-0.3, -0.25) is 0 Å². The monoisotopic (exact) mass is 255 g/mol. The molecule has 0 aromatic carbocycles. The summed E-state index contributed by atoms with van der Waals surface area (Å²) in [5.74, 6) is 1.40. The van der Waals surface area contributed by atoms with Crippen molar-refractivity contribution < 1.29 is 9.47 Å². The van der Waals surface area contributed by atoms with E-state index in [4.69, 9.17) is 9.47 Å². The van der Waals surface area contributed by atoms with Crippen LogP contribution in [0.15, 0.2) is 0 Å². The molecule has 1 N–H and O–H groups in total. The summed E-state index contributed by atoms with van der Waals surface area (Å²) in [6.07, 6.45) is 5.62. The van der Waals surface area contributed by atoms with Gasteiger partial charge in [0, 0.05) is 12.6 Å². The molecule has 3 heteroatoms. The lowest BCUT2D eigenvalue weighted by Crippen LogP contribution is -2.39. The second kappa shape index (κ2) is 5.89. The van der Waals surface area contributed by atoms with Crippen LogP contribution in [-0.4, -0.2) is 31.1 Å². The molecule has 18 heavy (non-hydrogen) atoms. The van der Waals surface area contributed by atoms with Crippen LogP contribution in [0.5, 0.6) is 0 Å². The molecular weight excluding hydrogens is 226 g/mol. The zero-order chi connectivity index (χ0) is 13.2. The molecule has 1 aliphatic carbocycles. The van der Waals surface area contributed by atoms with Crippen molar-refractivity contribution in [3.8, 4) is 0 Å². The number of hydrogen-bond donors (Lipinski definition) is 1. The molecule has 1 atom stereocenters. The highest BCUT2D eigenvalue weighted by molar-refractivity contribution is 4.81. The van der Waals surface area contributed by atoms with E-state index in [1.165, 1.54) is 25.7 Å². The van der Waals surface area contributed by atoms with Crippen LogP contribution in [0.25, 0.3) is 0 Å². The van der Waals surface area contributed by atoms with Crippen molar-refractivity contribution in [2.45, 2.75) is 71.3 Å². The van der Waals surface area contributed by atoms with Gasteiger partial charge in [0.1, 0.15) is 0 Å². The van der Waals surface area contributed by atoms with Crippen LogP contribution in [0.2, 0.25) is 0 Å². The van der Waals surface area contributed by atoms with Crippen LogP contribution in [-0.2, 0) is 9.47 Å². The first kappa shape index (κ1) is 14.3. The Hall–Kier alpha value is -0.120. The van der Waals surface area contributed by atoms with Crippen LogP contribution in [0.3, 0.4) is 0 Å². The van der Waals surface area contributed by atoms with E-state index >= 15 is 0 Å². The number of hydrogen-bond acceptors (Lipinski definition) is 3. The van der Waals surface area contributed by atoms with Crippen molar-refractivity contribution in [3.63, 3.8) is 0 Å². The maximum Gasteiger partial charge on any atom is 0.163 e. The third-order valence-corrected chi connectivity index (χ3v) is 4.42. The molecule has 0 bridgehead atoms. The molecule has 1 saturated heterocycles. The Morgan fingerprint density at radius 1 is 1.17 bits per heavy atom. The summed E-state index contributed by atoms with van der Waals surface area (Å²) in [6, 6.07) is 0.687. The Balaban J connectivity index is 1.64. The SMILES string of the molecule is CC(C)C1CCC(NCC2COC(C)(C)O2)CC1. The summed E-state index contributed by atoms with van der Waals surface area (Å²) in [5.41, 5.74) is 0. The second-order valence-corrected chi connectivity index (χ2v) is 6.71. The van der Waals surface area contributed by atoms with Crippen molar-refractivity contribution in [1.82, 2.24) is 5.32 Å². The topological polar surface area (TPSA) is 30.5 Å². The van der Waals surface area contributed by atoms with Crippen molar-refractivity contribution in [2.75, 3.05) is 13.2 Å². The minimum atomic E-state index is -0.387. The van der Waals surface area contributed by atoms with Crippen LogP contribution < -0.4 is 5.32 Å². The lowest BCUT2D eigenvalue weighted by molar-refractivity contribution is -0.138. The first-order valence-electron chi connectivity index (χ1n) is 7.51. The summed E-state index contributed by atoms with van der Waals surface area (Å²) in [6.45, 7) is 10.3. The van der Waals surface area contributed by atoms with E-state index in [-0.39, 0.29) is 11.9 Å². The maximum atomic E-state index is 5.81. The zero-order valence-electron chi connectivity index (χ0n) is 12.4. The molecule has 0 aromatic heterocycles. The Bertz CT molecular complexity index is 257. The summed E-state index contributed by atoms with van der Waals surface area (Å²) in [4.78, 5) is 0. The average Bonchev–Trinajstić information content (AvgIpc) is 2.67. The fourth-order valence-corrected chi connectivity index (χ4v) is 3.15. The quantitative estimate of drug-likeness (QED) is 0.838. The molecule has 0 aromatic rings. The molecule has 2 fully saturated rings. The fourth-order valence-electron chi connectivity index (χ4n) is 3.15. The minimum Gasteiger partial charge on any atom is -0.348 e. The molecule has 0 radical (unpaired) electrons. The van der Waals surface area contributed by atoms with E-state index in [2.05, 4.69) is 19.2 Å². The van der Waals surface area contributed by atoms with Crippen molar-refractivity contribution in [3.05, 3.63) is 0 Å². The summed E-state index contributed by atoms with van der Waals surface area (Å²) in [7, 11) is 0. The molecule has 1 unspecified atom stereocenters. The van der Waals surface area contributed by atoms with Crippen molar-refractivity contribution >= 4 is 0 Å². The highest BCUT2D eigenvalue weighted by Crippen LogP contribution is 2.30. The predicted molar refractivity (Wildman–Crippen MR) is 73.5 cm³/mol. The molecule has 2 aliphatic rings. The van der Waals surface area contributed by atoms with E-state index in [0.717, 1.165) is 25.0 Å². The average molecular weight is 255 g/mol. The standard InChI is InChI=1S/C15H29NO2/c1-11(2)12-5-7-13(8-6-12)16-9-14-10-17-15(3,4)18-14/h11-14,16H,5-10H2,1-4H3. The third-order valence-electron chi connectivity index (χ3n) is 4.42. The molecule has 106 valence electrons. The van der Waals surface area contributed by atoms with E-state index in [9.17, 15) is 0 Å². The smallest absolute Gasteiger partial charge is 0.163 e. The van der Waals surface area contributed by atoms with E-state index in [1.54, 1.807) is 0 Å². The minimum absolute atomic E-state index is 0.225. The number of rotatable bonds is 4. The van der Waals surface area contributed by atoms with Gasteiger partial charge >= 0.3 is 0 Å². The Labute approximate surface area is 112 Å². The molecule has 1 aliphatic heterocycles. The van der Waals surface area contributed by atoms with Crippen molar-refractivity contribution in [1.29, 1.82) is 0 Å². The maximum absolute atomic E-state index is 5.81. The first-order valence-corrected chi connectivity index (χ1v) is 7.51. The van der Waals surface area contributed by atoms with Crippen molar-refractivity contribution in [2.24, 2.45) is 11.8 Å². The van der Waals surface area contributed by atoms with Gasteiger partial charge in [0.2, 0.25) is 0 Å². The molecular formula is C15H29NO2. The summed E-state index contributed by atoms with van der Waals surface area (Å²) in [5, 5.41) is 3.66. The summed E-state index contributed by atoms with van der Waals surface area (Å²) >= 11 is 0. The van der Waals surface area contributed by atoms with Crippen LogP contribution in [0, 0.1) is 11.8 Å². The number of nitrogens with one attached hydrogen (secondary N) is 1. The largest absolute Gasteiger partial charge is 0.348 e. The molecule has 0 amide bonds. The second-order valence-electron chi connectivity index (χ2n) is 6.71. The molecule has 1 saturated carbocycles. The van der Waals surface area contributed by atoms with Gasteiger partial charge in [-0.1, -0.05) is 13.8 Å². The highest BCUT2D eigenvalue weighted by Gasteiger charge is 2.33. The van der Waals surface area contributed by atoms with Crippen LogP contribution >= 0.6 is 0 Å². The van der Waals surface area contributed by atoms with Gasteiger partial charge < -0.3 is 14.8 Å². The van der Waals surface area contributed by atoms with E-state index < -0.39 is 0 Å². The molecule has 2 rings (SSSR count). The normalized spacial score (nSPS) is 36.2. The first-order chi connectivity index (χ1) is 8.46. The Morgan fingerprint density at radius 3 is 2.33 bits per heavy atom. The lowest BCUT2D eigenvalue weighted by atomic mass is 9.80. The van der Waals surface area contributed by atoms with Gasteiger partial charge in [-0.25, -0.2) is 0 Å². The number of ether oxygens (including phenoxy) is 2. The van der Waals surface area contributed by atoms with Gasteiger partial charge in [0.25, 0.3) is 0 Å². The lowest BCUT2D eigenvalue weighted by Gasteiger charge is -2.32. The van der Waals surface area contributed by atoms with Gasteiger partial charge in [0.15, 0.2) is 5.79 Å². The third kappa shape index (κ3) is 3.94. The van der Waals surface area contributed by atoms with E-state index in [1.807, 2.05) is 13.8 Å². The molecule has 3 nitrogen and oxygen atoms in total. The Kier molecular flexibility index (Phi) is 4.68. The highest BCUT2D eigenvalue weighted by atomic mass is 16.7. The van der Waals surface area contributed by atoms with Crippen LogP contribution in [0.4, 0.5) is 0 Å². The van der Waals surface area contributed by atoms with Gasteiger partial charge in [0.05, 0.1) is 12.7 Å². The van der Waals surface area contributed by atoms with E-state index in [0.29, 0.717) is 6.04 Å². The van der Waals surface area contributed by atoms with Gasteiger partial charge in [-0.2, -0.15) is 0 Å². The summed E-state index contributed by atoms with van der Waals surface area (Å²) < 4.78 is 11.4. The fraction of sp³-hybridized carbons (Fsp3) is 1.00. The molecule has 1 heterocycles. The predicted octanol–water partition coefficient (Wildman–Crippen LogP) is 2.94. The molecule has 0 spiro atoms. The van der Waals surface area contributed by atoms with Gasteiger partial charge in [-0.15, -0.1) is 0 Å². The Morgan fingerprint density at radius 2 is 1.83 bits per heavy atom. The van der Waals surface area contributed by atoms with Crippen LogP contribution in [0.1, 0.15) is 53.4 Å². The van der Waals surface area contributed by atoms with Gasteiger partial charge in [-0.05, 0) is 51.4 Å².